The molecular weight excluding hydrogens is 178 g/mol. The standard InChI is InChI=1S/C11H11NO2/c1-2-12-6-9-5-8(7-13)3-4-10(9)11(12)14/h3-5,7H,2,6H2,1H3. The Bertz CT molecular complexity index is 398. The van der Waals surface area contributed by atoms with E-state index < -0.39 is 0 Å². The van der Waals surface area contributed by atoms with Crippen LogP contribution in [0.4, 0.5) is 0 Å². The second-order valence-corrected chi connectivity index (χ2v) is 3.35. The van der Waals surface area contributed by atoms with Gasteiger partial charge in [0.05, 0.1) is 0 Å². The van der Waals surface area contributed by atoms with Crippen molar-refractivity contribution in [1.82, 2.24) is 4.90 Å². The molecule has 0 saturated heterocycles. The maximum absolute atomic E-state index is 11.7. The second kappa shape index (κ2) is 3.25. The van der Waals surface area contributed by atoms with E-state index in [-0.39, 0.29) is 5.91 Å². The normalized spacial score (nSPS) is 14.4. The highest BCUT2D eigenvalue weighted by Gasteiger charge is 2.25. The Morgan fingerprint density at radius 2 is 2.29 bits per heavy atom. The van der Waals surface area contributed by atoms with Gasteiger partial charge in [-0.15, -0.1) is 0 Å². The molecule has 0 fully saturated rings. The first-order valence-electron chi connectivity index (χ1n) is 4.63. The number of amides is 1. The van der Waals surface area contributed by atoms with E-state index in [2.05, 4.69) is 0 Å². The van der Waals surface area contributed by atoms with Gasteiger partial charge in [0, 0.05) is 24.2 Å². The minimum absolute atomic E-state index is 0.0694. The van der Waals surface area contributed by atoms with E-state index >= 15 is 0 Å². The maximum atomic E-state index is 11.7. The Kier molecular flexibility index (Phi) is 2.08. The molecule has 0 aliphatic carbocycles. The summed E-state index contributed by atoms with van der Waals surface area (Å²) in [6.45, 7) is 3.29. The number of hydrogen-bond donors (Lipinski definition) is 0. The molecule has 0 bridgehead atoms. The zero-order valence-corrected chi connectivity index (χ0v) is 7.99. The average Bonchev–Trinajstić information content (AvgIpc) is 2.55. The molecule has 1 aliphatic heterocycles. The molecule has 0 radical (unpaired) electrons. The van der Waals surface area contributed by atoms with Crippen LogP contribution in [-0.2, 0) is 6.54 Å². The summed E-state index contributed by atoms with van der Waals surface area (Å²) in [6, 6.07) is 5.20. The fraction of sp³-hybridized carbons (Fsp3) is 0.273. The molecule has 2 rings (SSSR count). The van der Waals surface area contributed by atoms with Crippen LogP contribution in [0.5, 0.6) is 0 Å². The second-order valence-electron chi connectivity index (χ2n) is 3.35. The predicted octanol–water partition coefficient (Wildman–Crippen LogP) is 1.47. The average molecular weight is 189 g/mol. The van der Waals surface area contributed by atoms with Crippen molar-refractivity contribution < 1.29 is 9.59 Å². The molecule has 0 spiro atoms. The summed E-state index contributed by atoms with van der Waals surface area (Å²) in [5.74, 6) is 0.0694. The molecule has 14 heavy (non-hydrogen) atoms. The van der Waals surface area contributed by atoms with Gasteiger partial charge in [0.15, 0.2) is 0 Å². The van der Waals surface area contributed by atoms with Gasteiger partial charge in [0.2, 0.25) is 0 Å². The molecule has 1 heterocycles. The Balaban J connectivity index is 2.43. The van der Waals surface area contributed by atoms with Gasteiger partial charge in [-0.05, 0) is 24.6 Å². The van der Waals surface area contributed by atoms with E-state index in [1.807, 2.05) is 6.92 Å². The van der Waals surface area contributed by atoms with E-state index in [0.717, 1.165) is 17.4 Å². The lowest BCUT2D eigenvalue weighted by atomic mass is 10.1. The van der Waals surface area contributed by atoms with E-state index in [1.165, 1.54) is 0 Å². The van der Waals surface area contributed by atoms with Crippen LogP contribution >= 0.6 is 0 Å². The number of aldehydes is 1. The number of nitrogens with zero attached hydrogens (tertiary/aromatic N) is 1. The minimum atomic E-state index is 0.0694. The van der Waals surface area contributed by atoms with Crippen molar-refractivity contribution in [3.05, 3.63) is 34.9 Å². The Hall–Kier alpha value is -1.64. The molecule has 3 nitrogen and oxygen atoms in total. The van der Waals surface area contributed by atoms with E-state index in [1.54, 1.807) is 23.1 Å². The predicted molar refractivity (Wildman–Crippen MR) is 52.2 cm³/mol. The highest BCUT2D eigenvalue weighted by Crippen LogP contribution is 2.22. The summed E-state index contributed by atoms with van der Waals surface area (Å²) in [6.07, 6.45) is 0.805. The summed E-state index contributed by atoms with van der Waals surface area (Å²) in [5, 5.41) is 0. The van der Waals surface area contributed by atoms with E-state index in [9.17, 15) is 9.59 Å². The lowest BCUT2D eigenvalue weighted by Gasteiger charge is -2.10. The maximum Gasteiger partial charge on any atom is 0.254 e. The molecule has 3 heteroatoms. The van der Waals surface area contributed by atoms with Crippen molar-refractivity contribution in [1.29, 1.82) is 0 Å². The van der Waals surface area contributed by atoms with E-state index in [0.29, 0.717) is 18.7 Å². The SMILES string of the molecule is CCN1Cc2cc(C=O)ccc2C1=O. The lowest BCUT2D eigenvalue weighted by molar-refractivity contribution is 0.0787. The van der Waals surface area contributed by atoms with Gasteiger partial charge in [-0.25, -0.2) is 0 Å². The summed E-state index contributed by atoms with van der Waals surface area (Å²) in [5.41, 5.74) is 2.33. The third-order valence-corrected chi connectivity index (χ3v) is 2.53. The summed E-state index contributed by atoms with van der Waals surface area (Å²) in [7, 11) is 0. The van der Waals surface area contributed by atoms with Crippen LogP contribution in [0, 0.1) is 0 Å². The van der Waals surface area contributed by atoms with Gasteiger partial charge in [0.25, 0.3) is 5.91 Å². The third-order valence-electron chi connectivity index (χ3n) is 2.53. The third kappa shape index (κ3) is 1.21. The summed E-state index contributed by atoms with van der Waals surface area (Å²) in [4.78, 5) is 24.0. The minimum Gasteiger partial charge on any atom is -0.335 e. The molecular formula is C11H11NO2. The van der Waals surface area contributed by atoms with Crippen LogP contribution in [0.15, 0.2) is 18.2 Å². The molecule has 0 saturated carbocycles. The number of benzene rings is 1. The number of carbonyl (C=O) groups excluding carboxylic acids is 2. The van der Waals surface area contributed by atoms with Crippen molar-refractivity contribution in [2.45, 2.75) is 13.5 Å². The number of hydrogen-bond acceptors (Lipinski definition) is 2. The van der Waals surface area contributed by atoms with Crippen LogP contribution in [0.25, 0.3) is 0 Å². The first-order chi connectivity index (χ1) is 6.76. The summed E-state index contributed by atoms with van der Waals surface area (Å²) < 4.78 is 0. The number of fused-ring (bicyclic) bond motifs is 1. The first kappa shape index (κ1) is 8.94. The molecule has 0 atom stereocenters. The Labute approximate surface area is 82.3 Å². The number of rotatable bonds is 2. The summed E-state index contributed by atoms with van der Waals surface area (Å²) >= 11 is 0. The van der Waals surface area contributed by atoms with Crippen LogP contribution in [0.2, 0.25) is 0 Å². The Morgan fingerprint density at radius 3 is 2.93 bits per heavy atom. The fourth-order valence-electron chi connectivity index (χ4n) is 1.73. The molecule has 1 amide bonds. The highest BCUT2D eigenvalue weighted by molar-refractivity contribution is 5.99. The molecule has 1 aromatic rings. The molecule has 1 aromatic carbocycles. The molecule has 1 aliphatic rings. The molecule has 0 unspecified atom stereocenters. The van der Waals surface area contributed by atoms with Gasteiger partial charge in [-0.1, -0.05) is 6.07 Å². The fourth-order valence-corrected chi connectivity index (χ4v) is 1.73. The van der Waals surface area contributed by atoms with Crippen molar-refractivity contribution in [2.75, 3.05) is 6.54 Å². The largest absolute Gasteiger partial charge is 0.335 e. The van der Waals surface area contributed by atoms with Crippen LogP contribution in [-0.4, -0.2) is 23.6 Å². The van der Waals surface area contributed by atoms with Gasteiger partial charge >= 0.3 is 0 Å². The monoisotopic (exact) mass is 189 g/mol. The zero-order valence-electron chi connectivity index (χ0n) is 7.99. The highest BCUT2D eigenvalue weighted by atomic mass is 16.2. The van der Waals surface area contributed by atoms with Gasteiger partial charge in [0.1, 0.15) is 6.29 Å². The first-order valence-corrected chi connectivity index (χ1v) is 4.63. The van der Waals surface area contributed by atoms with Gasteiger partial charge < -0.3 is 4.90 Å². The van der Waals surface area contributed by atoms with Crippen molar-refractivity contribution in [3.8, 4) is 0 Å². The topological polar surface area (TPSA) is 37.4 Å². The zero-order chi connectivity index (χ0) is 10.1. The smallest absolute Gasteiger partial charge is 0.254 e. The van der Waals surface area contributed by atoms with Gasteiger partial charge in [-0.3, -0.25) is 9.59 Å². The lowest BCUT2D eigenvalue weighted by Crippen LogP contribution is -2.22. The molecule has 0 aromatic heterocycles. The van der Waals surface area contributed by atoms with Crippen molar-refractivity contribution in [3.63, 3.8) is 0 Å². The van der Waals surface area contributed by atoms with Crippen LogP contribution < -0.4 is 0 Å². The van der Waals surface area contributed by atoms with Crippen LogP contribution in [0.3, 0.4) is 0 Å². The van der Waals surface area contributed by atoms with Crippen molar-refractivity contribution >= 4 is 12.2 Å². The number of carbonyl (C=O) groups is 2. The van der Waals surface area contributed by atoms with Gasteiger partial charge in [-0.2, -0.15) is 0 Å². The molecule has 0 N–H and O–H groups in total. The Morgan fingerprint density at radius 1 is 1.50 bits per heavy atom. The van der Waals surface area contributed by atoms with Crippen LogP contribution in [0.1, 0.15) is 33.2 Å². The quantitative estimate of drug-likeness (QED) is 0.661. The van der Waals surface area contributed by atoms with Crippen molar-refractivity contribution in [2.24, 2.45) is 0 Å². The van der Waals surface area contributed by atoms with E-state index in [4.69, 9.17) is 0 Å². The molecule has 72 valence electrons.